The summed E-state index contributed by atoms with van der Waals surface area (Å²) in [6, 6.07) is 6.32. The van der Waals surface area contributed by atoms with Gasteiger partial charge < -0.3 is 5.11 Å². The van der Waals surface area contributed by atoms with Gasteiger partial charge >= 0.3 is 5.97 Å². The highest BCUT2D eigenvalue weighted by Crippen LogP contribution is 2.40. The summed E-state index contributed by atoms with van der Waals surface area (Å²) in [5.74, 6) is -0.766. The van der Waals surface area contributed by atoms with Crippen LogP contribution in [0.25, 0.3) is 5.57 Å². The van der Waals surface area contributed by atoms with Crippen LogP contribution in [0.15, 0.2) is 24.3 Å². The molecule has 2 heteroatoms. The van der Waals surface area contributed by atoms with Gasteiger partial charge in [-0.15, -0.1) is 0 Å². The predicted octanol–water partition coefficient (Wildman–Crippen LogP) is 3.44. The van der Waals surface area contributed by atoms with Crippen molar-refractivity contribution in [2.24, 2.45) is 5.41 Å². The van der Waals surface area contributed by atoms with Crippen molar-refractivity contribution in [2.45, 2.75) is 33.6 Å². The minimum atomic E-state index is -0.817. The van der Waals surface area contributed by atoms with Crippen LogP contribution in [0.3, 0.4) is 0 Å². The second-order valence-electron chi connectivity index (χ2n) is 5.25. The quantitative estimate of drug-likeness (QED) is 0.845. The topological polar surface area (TPSA) is 37.3 Å². The molecule has 0 fully saturated rings. The van der Waals surface area contributed by atoms with Gasteiger partial charge in [0.2, 0.25) is 0 Å². The van der Waals surface area contributed by atoms with Crippen LogP contribution in [-0.2, 0) is 11.2 Å². The number of fused-ring (bicyclic) bond motifs is 1. The van der Waals surface area contributed by atoms with Crippen LogP contribution < -0.4 is 0 Å². The summed E-state index contributed by atoms with van der Waals surface area (Å²) in [5.41, 5.74) is 3.70. The first-order valence-electron chi connectivity index (χ1n) is 5.97. The van der Waals surface area contributed by atoms with Crippen molar-refractivity contribution < 1.29 is 9.90 Å². The summed E-state index contributed by atoms with van der Waals surface area (Å²) in [6.07, 6.45) is 4.02. The van der Waals surface area contributed by atoms with Gasteiger partial charge in [-0.3, -0.25) is 4.79 Å². The zero-order chi connectivity index (χ0) is 12.6. The molecule has 0 heterocycles. The average molecular weight is 230 g/mol. The van der Waals surface area contributed by atoms with E-state index in [9.17, 15) is 9.90 Å². The Kier molecular flexibility index (Phi) is 2.82. The molecule has 0 saturated carbocycles. The lowest BCUT2D eigenvalue weighted by atomic mass is 9.75. The normalized spacial score (nSPS) is 15.1. The smallest absolute Gasteiger partial charge is 0.313 e. The van der Waals surface area contributed by atoms with E-state index in [-0.39, 0.29) is 0 Å². The van der Waals surface area contributed by atoms with Crippen LogP contribution in [0.5, 0.6) is 0 Å². The number of hydrogen-bond acceptors (Lipinski definition) is 1. The fourth-order valence-electron chi connectivity index (χ4n) is 2.35. The third-order valence-corrected chi connectivity index (χ3v) is 3.53. The summed E-state index contributed by atoms with van der Waals surface area (Å²) in [4.78, 5) is 11.4. The maximum Gasteiger partial charge on any atom is 0.313 e. The number of hydrogen-bond donors (Lipinski definition) is 1. The van der Waals surface area contributed by atoms with E-state index in [0.29, 0.717) is 0 Å². The maximum atomic E-state index is 11.4. The molecular formula is C15H18O2. The standard InChI is InChI=1S/C15H18O2/c1-10-7-8-11-5-4-6-13(12(11)9-10)15(2,3)14(16)17/h6-9H,4-5H2,1-3H3,(H,16,17). The van der Waals surface area contributed by atoms with E-state index in [1.54, 1.807) is 13.8 Å². The van der Waals surface area contributed by atoms with Crippen LogP contribution in [-0.4, -0.2) is 11.1 Å². The molecule has 0 radical (unpaired) electrons. The summed E-state index contributed by atoms with van der Waals surface area (Å²) in [7, 11) is 0. The number of benzene rings is 1. The summed E-state index contributed by atoms with van der Waals surface area (Å²) in [5, 5.41) is 9.35. The van der Waals surface area contributed by atoms with Crippen LogP contribution in [0.1, 0.15) is 37.0 Å². The number of carboxylic acid groups (broad SMARTS) is 1. The van der Waals surface area contributed by atoms with E-state index in [0.717, 1.165) is 24.0 Å². The molecule has 0 atom stereocenters. The fourth-order valence-corrected chi connectivity index (χ4v) is 2.35. The molecule has 1 aliphatic rings. The van der Waals surface area contributed by atoms with Crippen molar-refractivity contribution in [3.8, 4) is 0 Å². The second-order valence-corrected chi connectivity index (χ2v) is 5.25. The van der Waals surface area contributed by atoms with Gasteiger partial charge in [-0.1, -0.05) is 29.8 Å². The lowest BCUT2D eigenvalue weighted by Gasteiger charge is -2.28. The third-order valence-electron chi connectivity index (χ3n) is 3.53. The first-order chi connectivity index (χ1) is 7.93. The average Bonchev–Trinajstić information content (AvgIpc) is 2.27. The molecule has 0 bridgehead atoms. The van der Waals surface area contributed by atoms with Crippen LogP contribution >= 0.6 is 0 Å². The molecule has 1 aromatic rings. The summed E-state index contributed by atoms with van der Waals surface area (Å²) >= 11 is 0. The van der Waals surface area contributed by atoms with E-state index in [2.05, 4.69) is 24.3 Å². The third kappa shape index (κ3) is 1.99. The lowest BCUT2D eigenvalue weighted by Crippen LogP contribution is -2.26. The number of aliphatic carboxylic acids is 1. The second kappa shape index (κ2) is 4.02. The molecule has 1 aromatic carbocycles. The number of carboxylic acids is 1. The molecule has 0 aliphatic heterocycles. The Morgan fingerprint density at radius 1 is 1.35 bits per heavy atom. The highest BCUT2D eigenvalue weighted by atomic mass is 16.4. The molecule has 17 heavy (non-hydrogen) atoms. The zero-order valence-electron chi connectivity index (χ0n) is 10.6. The Bertz CT molecular complexity index is 496. The molecule has 90 valence electrons. The fraction of sp³-hybridized carbons (Fsp3) is 0.400. The summed E-state index contributed by atoms with van der Waals surface area (Å²) in [6.45, 7) is 5.59. The molecule has 0 aromatic heterocycles. The lowest BCUT2D eigenvalue weighted by molar-refractivity contribution is -0.143. The van der Waals surface area contributed by atoms with E-state index in [4.69, 9.17) is 0 Å². The van der Waals surface area contributed by atoms with Gasteiger partial charge in [0.25, 0.3) is 0 Å². The minimum absolute atomic E-state index is 0.766. The van der Waals surface area contributed by atoms with E-state index in [1.165, 1.54) is 11.1 Å². The van der Waals surface area contributed by atoms with Crippen molar-refractivity contribution >= 4 is 11.5 Å². The largest absolute Gasteiger partial charge is 0.481 e. The highest BCUT2D eigenvalue weighted by molar-refractivity contribution is 5.92. The van der Waals surface area contributed by atoms with Crippen molar-refractivity contribution in [3.63, 3.8) is 0 Å². The van der Waals surface area contributed by atoms with Crippen molar-refractivity contribution in [2.75, 3.05) is 0 Å². The van der Waals surface area contributed by atoms with E-state index < -0.39 is 11.4 Å². The highest BCUT2D eigenvalue weighted by Gasteiger charge is 2.34. The van der Waals surface area contributed by atoms with Gasteiger partial charge in [-0.05, 0) is 50.3 Å². The Balaban J connectivity index is 2.55. The molecule has 1 aliphatic carbocycles. The van der Waals surface area contributed by atoms with Gasteiger partial charge in [0.15, 0.2) is 0 Å². The zero-order valence-corrected chi connectivity index (χ0v) is 10.6. The van der Waals surface area contributed by atoms with E-state index in [1.807, 2.05) is 6.92 Å². The molecule has 0 spiro atoms. The minimum Gasteiger partial charge on any atom is -0.481 e. The van der Waals surface area contributed by atoms with E-state index >= 15 is 0 Å². The van der Waals surface area contributed by atoms with Crippen molar-refractivity contribution in [1.82, 2.24) is 0 Å². The number of aryl methyl sites for hydroxylation is 2. The molecule has 0 amide bonds. The van der Waals surface area contributed by atoms with Gasteiger partial charge in [0.1, 0.15) is 0 Å². The van der Waals surface area contributed by atoms with Gasteiger partial charge in [-0.25, -0.2) is 0 Å². The van der Waals surface area contributed by atoms with Gasteiger partial charge in [0.05, 0.1) is 5.41 Å². The SMILES string of the molecule is Cc1ccc2c(c1)C(C(C)(C)C(=O)O)=CCC2. The molecule has 0 unspecified atom stereocenters. The molecule has 1 N–H and O–H groups in total. The number of allylic oxidation sites excluding steroid dienone is 1. The van der Waals surface area contributed by atoms with Crippen LogP contribution in [0.4, 0.5) is 0 Å². The van der Waals surface area contributed by atoms with Gasteiger partial charge in [0, 0.05) is 0 Å². The monoisotopic (exact) mass is 230 g/mol. The molecular weight excluding hydrogens is 212 g/mol. The number of carbonyl (C=O) groups is 1. The maximum absolute atomic E-state index is 11.4. The summed E-state index contributed by atoms with van der Waals surface area (Å²) < 4.78 is 0. The van der Waals surface area contributed by atoms with Crippen LogP contribution in [0.2, 0.25) is 0 Å². The molecule has 0 saturated heterocycles. The molecule has 2 nitrogen and oxygen atoms in total. The van der Waals surface area contributed by atoms with Crippen LogP contribution in [0, 0.1) is 12.3 Å². The predicted molar refractivity (Wildman–Crippen MR) is 68.9 cm³/mol. The molecule has 2 rings (SSSR count). The Labute approximate surface area is 102 Å². The number of rotatable bonds is 2. The Hall–Kier alpha value is -1.57. The van der Waals surface area contributed by atoms with Gasteiger partial charge in [-0.2, -0.15) is 0 Å². The van der Waals surface area contributed by atoms with Crippen molar-refractivity contribution in [1.29, 1.82) is 0 Å². The first kappa shape index (κ1) is 11.9. The Morgan fingerprint density at radius 3 is 2.71 bits per heavy atom. The van der Waals surface area contributed by atoms with Crippen molar-refractivity contribution in [3.05, 3.63) is 41.0 Å². The first-order valence-corrected chi connectivity index (χ1v) is 5.97. The Morgan fingerprint density at radius 2 is 2.06 bits per heavy atom.